The predicted molar refractivity (Wildman–Crippen MR) is 129 cm³/mol. The average Bonchev–Trinajstić information content (AvgIpc) is 3.23. The molecule has 3 heterocycles. The molecule has 0 aliphatic carbocycles. The Balaban J connectivity index is 1.42. The smallest absolute Gasteiger partial charge is 0.254 e. The summed E-state index contributed by atoms with van der Waals surface area (Å²) in [5, 5.41) is 7.60. The third-order valence-electron chi connectivity index (χ3n) is 6.75. The van der Waals surface area contributed by atoms with Crippen molar-refractivity contribution < 1.29 is 4.79 Å². The van der Waals surface area contributed by atoms with Crippen LogP contribution < -0.4 is 5.32 Å². The maximum absolute atomic E-state index is 12.8. The number of hydrogen-bond acceptors (Lipinski definition) is 4. The molecule has 3 aromatic rings. The van der Waals surface area contributed by atoms with Gasteiger partial charge in [0.25, 0.3) is 5.91 Å². The van der Waals surface area contributed by atoms with Gasteiger partial charge in [0, 0.05) is 30.9 Å². The molecule has 1 aromatic carbocycles. The van der Waals surface area contributed by atoms with Crippen molar-refractivity contribution in [2.24, 2.45) is 0 Å². The number of likely N-dealkylation sites (tertiary alicyclic amines) is 1. The van der Waals surface area contributed by atoms with Crippen molar-refractivity contribution in [3.8, 4) is 11.1 Å². The lowest BCUT2D eigenvalue weighted by atomic mass is 10.00. The van der Waals surface area contributed by atoms with Crippen LogP contribution in [0.15, 0.2) is 36.7 Å². The second kappa shape index (κ2) is 9.82. The maximum Gasteiger partial charge on any atom is 0.254 e. The fraction of sp³-hybridized carbons (Fsp3) is 0.500. The fourth-order valence-electron chi connectivity index (χ4n) is 4.59. The fourth-order valence-corrected chi connectivity index (χ4v) is 4.59. The van der Waals surface area contributed by atoms with Crippen LogP contribution >= 0.6 is 0 Å². The van der Waals surface area contributed by atoms with Gasteiger partial charge in [-0.3, -0.25) is 4.79 Å². The minimum Gasteiger partial charge on any atom is -0.352 e. The van der Waals surface area contributed by atoms with Crippen LogP contribution in [0.5, 0.6) is 0 Å². The van der Waals surface area contributed by atoms with Gasteiger partial charge in [0.15, 0.2) is 5.65 Å². The lowest BCUT2D eigenvalue weighted by molar-refractivity contribution is 0.0947. The molecular weight excluding hydrogens is 398 g/mol. The molecule has 6 heteroatoms. The summed E-state index contributed by atoms with van der Waals surface area (Å²) in [6.45, 7) is 11.5. The van der Waals surface area contributed by atoms with Crippen molar-refractivity contribution in [2.75, 3.05) is 19.6 Å². The molecule has 2 aromatic heterocycles. The number of aromatic nitrogens is 3. The molecule has 0 saturated carbocycles. The number of carbonyl (C=O) groups excluding carboxylic acids is 1. The van der Waals surface area contributed by atoms with E-state index in [1.165, 1.54) is 31.4 Å². The average molecular weight is 434 g/mol. The standard InChI is InChI=1S/C26H35N5O/c1-18(2)21-9-11-22(12-10-21)24-17-29-31-20(4)23(16-28-25(24)31)26(32)27-13-7-15-30-14-6-5-8-19(30)3/h9-12,16-19H,5-8,13-15H2,1-4H3,(H,27,32). The van der Waals surface area contributed by atoms with E-state index in [4.69, 9.17) is 0 Å². The van der Waals surface area contributed by atoms with Gasteiger partial charge < -0.3 is 10.2 Å². The van der Waals surface area contributed by atoms with Gasteiger partial charge in [-0.2, -0.15) is 5.10 Å². The van der Waals surface area contributed by atoms with Crippen molar-refractivity contribution in [1.82, 2.24) is 24.8 Å². The zero-order valence-electron chi connectivity index (χ0n) is 19.8. The van der Waals surface area contributed by atoms with Gasteiger partial charge in [-0.25, -0.2) is 9.50 Å². The summed E-state index contributed by atoms with van der Waals surface area (Å²) in [7, 11) is 0. The first-order valence-electron chi connectivity index (χ1n) is 11.9. The number of piperidine rings is 1. The second-order valence-corrected chi connectivity index (χ2v) is 9.32. The first-order valence-corrected chi connectivity index (χ1v) is 11.9. The second-order valence-electron chi connectivity index (χ2n) is 9.32. The van der Waals surface area contributed by atoms with Gasteiger partial charge in [-0.15, -0.1) is 0 Å². The van der Waals surface area contributed by atoms with Gasteiger partial charge in [0.1, 0.15) is 0 Å². The quantitative estimate of drug-likeness (QED) is 0.543. The molecule has 1 aliphatic rings. The molecule has 0 radical (unpaired) electrons. The number of fused-ring (bicyclic) bond motifs is 1. The number of hydrogen-bond donors (Lipinski definition) is 1. The van der Waals surface area contributed by atoms with Crippen LogP contribution in [-0.4, -0.2) is 51.1 Å². The molecule has 1 N–H and O–H groups in total. The molecule has 4 rings (SSSR count). The molecule has 32 heavy (non-hydrogen) atoms. The highest BCUT2D eigenvalue weighted by Gasteiger charge is 2.18. The topological polar surface area (TPSA) is 62.5 Å². The highest BCUT2D eigenvalue weighted by atomic mass is 16.1. The van der Waals surface area contributed by atoms with E-state index >= 15 is 0 Å². The van der Waals surface area contributed by atoms with Crippen molar-refractivity contribution in [3.05, 3.63) is 53.5 Å². The zero-order chi connectivity index (χ0) is 22.7. The van der Waals surface area contributed by atoms with Crippen molar-refractivity contribution in [3.63, 3.8) is 0 Å². The molecule has 0 bridgehead atoms. The molecule has 1 unspecified atom stereocenters. The van der Waals surface area contributed by atoms with E-state index in [0.29, 0.717) is 24.1 Å². The van der Waals surface area contributed by atoms with Crippen LogP contribution in [0.4, 0.5) is 0 Å². The van der Waals surface area contributed by atoms with Crippen molar-refractivity contribution >= 4 is 11.6 Å². The van der Waals surface area contributed by atoms with Crippen LogP contribution in [0.3, 0.4) is 0 Å². The largest absolute Gasteiger partial charge is 0.352 e. The van der Waals surface area contributed by atoms with Crippen LogP contribution in [0, 0.1) is 6.92 Å². The normalized spacial score (nSPS) is 17.2. The SMILES string of the molecule is Cc1c(C(=O)NCCCN2CCCCC2C)cnc2c(-c3ccc(C(C)C)cc3)cnn12. The monoisotopic (exact) mass is 433 g/mol. The summed E-state index contributed by atoms with van der Waals surface area (Å²) in [5.74, 6) is 0.416. The van der Waals surface area contributed by atoms with Crippen molar-refractivity contribution in [1.29, 1.82) is 0 Å². The third kappa shape index (κ3) is 4.70. The molecule has 1 saturated heterocycles. The molecule has 6 nitrogen and oxygen atoms in total. The van der Waals surface area contributed by atoms with Gasteiger partial charge in [0.05, 0.1) is 17.5 Å². The van der Waals surface area contributed by atoms with Gasteiger partial charge in [-0.1, -0.05) is 44.5 Å². The minimum absolute atomic E-state index is 0.0815. The number of aryl methyl sites for hydroxylation is 1. The van der Waals surface area contributed by atoms with Crippen LogP contribution in [0.1, 0.15) is 74.0 Å². The number of nitrogens with one attached hydrogen (secondary N) is 1. The number of benzene rings is 1. The highest BCUT2D eigenvalue weighted by molar-refractivity contribution is 5.95. The Morgan fingerprint density at radius 2 is 1.97 bits per heavy atom. The van der Waals surface area contributed by atoms with E-state index in [0.717, 1.165) is 35.4 Å². The molecule has 1 atom stereocenters. The third-order valence-corrected chi connectivity index (χ3v) is 6.75. The van der Waals surface area contributed by atoms with E-state index in [1.54, 1.807) is 10.7 Å². The van der Waals surface area contributed by atoms with Gasteiger partial charge in [0.2, 0.25) is 0 Å². The van der Waals surface area contributed by atoms with Crippen LogP contribution in [-0.2, 0) is 0 Å². The van der Waals surface area contributed by atoms with E-state index in [9.17, 15) is 4.79 Å². The Labute approximate surface area is 191 Å². The number of nitrogens with zero attached hydrogens (tertiary/aromatic N) is 4. The molecular formula is C26H35N5O. The van der Waals surface area contributed by atoms with Gasteiger partial charge >= 0.3 is 0 Å². The first kappa shape index (κ1) is 22.5. The summed E-state index contributed by atoms with van der Waals surface area (Å²) < 4.78 is 1.77. The number of rotatable bonds is 7. The molecule has 170 valence electrons. The predicted octanol–water partition coefficient (Wildman–Crippen LogP) is 4.82. The molecule has 1 amide bonds. The Hall–Kier alpha value is -2.73. The Bertz CT molecular complexity index is 1070. The summed E-state index contributed by atoms with van der Waals surface area (Å²) in [5.41, 5.74) is 5.53. The Kier molecular flexibility index (Phi) is 6.89. The number of carbonyl (C=O) groups is 1. The lowest BCUT2D eigenvalue weighted by Gasteiger charge is -2.33. The maximum atomic E-state index is 12.8. The van der Waals surface area contributed by atoms with E-state index < -0.39 is 0 Å². The minimum atomic E-state index is -0.0815. The summed E-state index contributed by atoms with van der Waals surface area (Å²) in [6.07, 6.45) is 8.38. The number of amides is 1. The van der Waals surface area contributed by atoms with Crippen LogP contribution in [0.25, 0.3) is 16.8 Å². The first-order chi connectivity index (χ1) is 15.5. The van der Waals surface area contributed by atoms with E-state index in [2.05, 4.69) is 65.3 Å². The van der Waals surface area contributed by atoms with E-state index in [-0.39, 0.29) is 5.91 Å². The molecule has 0 spiro atoms. The van der Waals surface area contributed by atoms with Crippen LogP contribution in [0.2, 0.25) is 0 Å². The van der Waals surface area contributed by atoms with Gasteiger partial charge in [-0.05, 0) is 56.7 Å². The zero-order valence-corrected chi connectivity index (χ0v) is 19.8. The summed E-state index contributed by atoms with van der Waals surface area (Å²) >= 11 is 0. The van der Waals surface area contributed by atoms with Crippen molar-refractivity contribution in [2.45, 2.75) is 65.3 Å². The highest BCUT2D eigenvalue weighted by Crippen LogP contribution is 2.26. The summed E-state index contributed by atoms with van der Waals surface area (Å²) in [6, 6.07) is 9.20. The Morgan fingerprint density at radius 3 is 2.69 bits per heavy atom. The summed E-state index contributed by atoms with van der Waals surface area (Å²) in [4.78, 5) is 19.9. The molecule has 1 fully saturated rings. The lowest BCUT2D eigenvalue weighted by Crippen LogP contribution is -2.39. The Morgan fingerprint density at radius 1 is 1.19 bits per heavy atom. The molecule has 1 aliphatic heterocycles. The van der Waals surface area contributed by atoms with E-state index in [1.807, 2.05) is 13.1 Å².